The number of thiazole rings is 1. The Morgan fingerprint density at radius 3 is 2.45 bits per heavy atom. The predicted octanol–water partition coefficient (Wildman–Crippen LogP) is 3.60. The summed E-state index contributed by atoms with van der Waals surface area (Å²) >= 11 is 3.47. The van der Waals surface area contributed by atoms with Crippen LogP contribution in [0.4, 0.5) is 5.13 Å². The fourth-order valence-electron chi connectivity index (χ4n) is 7.52. The molecule has 5 rings (SSSR count). The third-order valence-corrected chi connectivity index (χ3v) is 11.7. The number of likely N-dealkylation sites (tertiary alicyclic amines) is 1. The molecule has 210 valence electrons. The summed E-state index contributed by atoms with van der Waals surface area (Å²) in [5, 5.41) is 15.4. The van der Waals surface area contributed by atoms with Gasteiger partial charge in [-0.2, -0.15) is 11.8 Å². The molecule has 3 fully saturated rings. The monoisotopic (exact) mass is 562 g/mol. The third kappa shape index (κ3) is 5.24. The Kier molecular flexibility index (Phi) is 8.14. The molecular formula is C28H42N4O4S2. The van der Waals surface area contributed by atoms with Crippen molar-refractivity contribution in [3.63, 3.8) is 0 Å². The van der Waals surface area contributed by atoms with Crippen molar-refractivity contribution in [1.82, 2.24) is 14.8 Å². The summed E-state index contributed by atoms with van der Waals surface area (Å²) < 4.78 is 0. The van der Waals surface area contributed by atoms with Gasteiger partial charge >= 0.3 is 0 Å². The van der Waals surface area contributed by atoms with Crippen LogP contribution >= 0.6 is 23.1 Å². The first-order chi connectivity index (χ1) is 18.1. The van der Waals surface area contributed by atoms with Gasteiger partial charge in [0.2, 0.25) is 17.7 Å². The molecular weight excluding hydrogens is 520 g/mol. The van der Waals surface area contributed by atoms with Crippen LogP contribution < -0.4 is 5.32 Å². The number of nitrogens with zero attached hydrogens (tertiary/aromatic N) is 3. The predicted molar refractivity (Wildman–Crippen MR) is 151 cm³/mol. The maximum atomic E-state index is 13.3. The first kappa shape index (κ1) is 27.9. The van der Waals surface area contributed by atoms with Gasteiger partial charge in [0.05, 0.1) is 11.8 Å². The van der Waals surface area contributed by atoms with Gasteiger partial charge in [-0.15, -0.1) is 11.3 Å². The van der Waals surface area contributed by atoms with Crippen molar-refractivity contribution in [2.75, 3.05) is 43.0 Å². The van der Waals surface area contributed by atoms with E-state index in [2.05, 4.69) is 19.2 Å². The van der Waals surface area contributed by atoms with Gasteiger partial charge in [-0.25, -0.2) is 4.98 Å². The van der Waals surface area contributed by atoms with E-state index in [0.29, 0.717) is 31.1 Å². The minimum Gasteiger partial charge on any atom is -0.392 e. The van der Waals surface area contributed by atoms with Crippen molar-refractivity contribution in [3.8, 4) is 0 Å². The largest absolute Gasteiger partial charge is 0.392 e. The molecule has 8 nitrogen and oxygen atoms in total. The van der Waals surface area contributed by atoms with E-state index in [1.165, 1.54) is 4.88 Å². The molecule has 0 spiro atoms. The highest BCUT2D eigenvalue weighted by Crippen LogP contribution is 2.57. The minimum absolute atomic E-state index is 0.0147. The zero-order valence-corrected chi connectivity index (χ0v) is 24.7. The van der Waals surface area contributed by atoms with E-state index in [1.807, 2.05) is 23.6 Å². The molecule has 2 aliphatic carbocycles. The number of fused-ring (bicyclic) bond motifs is 2. The van der Waals surface area contributed by atoms with Crippen LogP contribution in [-0.2, 0) is 20.8 Å². The SMILES string of the molecule is CC(=O)N1CCC(C(=O)Nc2nc3c(s2)C[C@]2(C)CCC([C@H](C)C(=O)N4CCSCC4)[C@H](O)[C@H]2[C@@H]3C)CC1. The first-order valence-electron chi connectivity index (χ1n) is 14.2. The minimum atomic E-state index is -0.554. The molecule has 1 unspecified atom stereocenters. The molecule has 4 aliphatic rings. The van der Waals surface area contributed by atoms with Crippen molar-refractivity contribution in [1.29, 1.82) is 0 Å². The molecule has 1 saturated carbocycles. The summed E-state index contributed by atoms with van der Waals surface area (Å²) in [6.07, 6.45) is 3.47. The highest BCUT2D eigenvalue weighted by atomic mass is 32.2. The number of carbonyl (C=O) groups is 3. The average Bonchev–Trinajstić information content (AvgIpc) is 3.30. The van der Waals surface area contributed by atoms with Crippen LogP contribution in [0, 0.1) is 29.1 Å². The highest BCUT2D eigenvalue weighted by molar-refractivity contribution is 7.99. The smallest absolute Gasteiger partial charge is 0.229 e. The van der Waals surface area contributed by atoms with E-state index in [0.717, 1.165) is 49.6 Å². The molecule has 10 heteroatoms. The third-order valence-electron chi connectivity index (χ3n) is 9.82. The number of aliphatic hydroxyl groups excluding tert-OH is 1. The molecule has 3 heterocycles. The molecule has 1 aromatic rings. The number of rotatable bonds is 4. The standard InChI is InChI=1S/C28H42N4O4S2/c1-16(26(36)32-11-13-37-14-12-32)20-5-8-28(4)15-21-23(17(2)22(28)24(20)34)29-27(38-21)30-25(35)19-6-9-31(10-7-19)18(3)33/h16-17,19-20,22,24,34H,5-15H2,1-4H3,(H,29,30,35)/t16-,17-,20?,22+,24-,28-/m0/s1. The molecule has 1 aromatic heterocycles. The number of aromatic nitrogens is 1. The molecule has 3 amide bonds. The van der Waals surface area contributed by atoms with Crippen molar-refractivity contribution >= 4 is 46.0 Å². The van der Waals surface area contributed by atoms with Gasteiger partial charge < -0.3 is 20.2 Å². The second-order valence-corrected chi connectivity index (χ2v) is 14.5. The number of aliphatic hydroxyl groups is 1. The lowest BCUT2D eigenvalue weighted by molar-refractivity contribution is -0.144. The highest BCUT2D eigenvalue weighted by Gasteiger charge is 2.54. The van der Waals surface area contributed by atoms with Crippen LogP contribution in [-0.4, -0.2) is 81.4 Å². The zero-order chi connectivity index (χ0) is 27.2. The lowest BCUT2D eigenvalue weighted by Gasteiger charge is -2.53. The Morgan fingerprint density at radius 1 is 1.11 bits per heavy atom. The topological polar surface area (TPSA) is 103 Å². The first-order valence-corrected chi connectivity index (χ1v) is 16.2. The van der Waals surface area contributed by atoms with Crippen LogP contribution in [0.25, 0.3) is 0 Å². The summed E-state index contributed by atoms with van der Waals surface area (Å²) in [6, 6.07) is 0. The van der Waals surface area contributed by atoms with E-state index >= 15 is 0 Å². The maximum Gasteiger partial charge on any atom is 0.229 e. The molecule has 0 radical (unpaired) electrons. The van der Waals surface area contributed by atoms with Crippen molar-refractivity contribution in [2.24, 2.45) is 29.1 Å². The Balaban J connectivity index is 1.27. The molecule has 0 bridgehead atoms. The summed E-state index contributed by atoms with van der Waals surface area (Å²) in [7, 11) is 0. The van der Waals surface area contributed by atoms with Gasteiger partial charge in [0.1, 0.15) is 0 Å². The molecule has 6 atom stereocenters. The number of hydrogen-bond donors (Lipinski definition) is 2. The van der Waals surface area contributed by atoms with Gasteiger partial charge in [0, 0.05) is 67.2 Å². The molecule has 0 aromatic carbocycles. The fourth-order valence-corrected chi connectivity index (χ4v) is 9.69. The Bertz CT molecular complexity index is 1070. The summed E-state index contributed by atoms with van der Waals surface area (Å²) in [4.78, 5) is 47.8. The van der Waals surface area contributed by atoms with Crippen LogP contribution in [0.3, 0.4) is 0 Å². The van der Waals surface area contributed by atoms with E-state index in [4.69, 9.17) is 4.98 Å². The van der Waals surface area contributed by atoms with Crippen molar-refractivity contribution < 1.29 is 19.5 Å². The Morgan fingerprint density at radius 2 is 1.79 bits per heavy atom. The van der Waals surface area contributed by atoms with Gasteiger partial charge in [-0.1, -0.05) is 20.8 Å². The number of carbonyl (C=O) groups excluding carboxylic acids is 3. The number of hydrogen-bond acceptors (Lipinski definition) is 7. The second kappa shape index (κ2) is 11.1. The van der Waals surface area contributed by atoms with Crippen LogP contribution in [0.5, 0.6) is 0 Å². The molecule has 2 saturated heterocycles. The zero-order valence-electron chi connectivity index (χ0n) is 23.1. The van der Waals surface area contributed by atoms with E-state index in [9.17, 15) is 19.5 Å². The normalized spacial score (nSPS) is 32.8. The van der Waals surface area contributed by atoms with Crippen molar-refractivity contribution in [2.45, 2.75) is 71.8 Å². The van der Waals surface area contributed by atoms with Crippen LogP contribution in [0.1, 0.15) is 69.9 Å². The Hall–Kier alpha value is -1.65. The van der Waals surface area contributed by atoms with E-state index in [-0.39, 0.29) is 52.7 Å². The molecule has 38 heavy (non-hydrogen) atoms. The summed E-state index contributed by atoms with van der Waals surface area (Å²) in [5.41, 5.74) is 0.936. The van der Waals surface area contributed by atoms with Gasteiger partial charge in [-0.3, -0.25) is 14.4 Å². The number of amides is 3. The molecule has 2 aliphatic heterocycles. The van der Waals surface area contributed by atoms with Gasteiger partial charge in [0.25, 0.3) is 0 Å². The summed E-state index contributed by atoms with van der Waals surface area (Å²) in [5.74, 6) is 1.97. The molecule has 2 N–H and O–H groups in total. The Labute approximate surface area is 234 Å². The lowest BCUT2D eigenvalue weighted by atomic mass is 9.53. The van der Waals surface area contributed by atoms with E-state index < -0.39 is 6.10 Å². The number of piperidine rings is 1. The van der Waals surface area contributed by atoms with Crippen LogP contribution in [0.2, 0.25) is 0 Å². The maximum absolute atomic E-state index is 13.3. The second-order valence-electron chi connectivity index (χ2n) is 12.2. The quantitative estimate of drug-likeness (QED) is 0.581. The number of anilines is 1. The lowest BCUT2D eigenvalue weighted by Crippen LogP contribution is -2.54. The number of thioether (sulfide) groups is 1. The van der Waals surface area contributed by atoms with Crippen LogP contribution in [0.15, 0.2) is 0 Å². The average molecular weight is 563 g/mol. The van der Waals surface area contributed by atoms with Gasteiger partial charge in [0.15, 0.2) is 5.13 Å². The van der Waals surface area contributed by atoms with Crippen molar-refractivity contribution in [3.05, 3.63) is 10.6 Å². The number of nitrogens with one attached hydrogen (secondary N) is 1. The van der Waals surface area contributed by atoms with E-state index in [1.54, 1.807) is 23.2 Å². The fraction of sp³-hybridized carbons (Fsp3) is 0.786. The van der Waals surface area contributed by atoms with Gasteiger partial charge in [-0.05, 0) is 49.4 Å². The summed E-state index contributed by atoms with van der Waals surface area (Å²) in [6.45, 7) is 10.9.